The normalized spacial score (nSPS) is 21.1. The summed E-state index contributed by atoms with van der Waals surface area (Å²) >= 11 is 0. The van der Waals surface area contributed by atoms with Crippen LogP contribution in [0.1, 0.15) is 142 Å². The predicted molar refractivity (Wildman–Crippen MR) is 239 cm³/mol. The van der Waals surface area contributed by atoms with Gasteiger partial charge in [0.1, 0.15) is 30.5 Å². The molecule has 4 N–H and O–H groups in total. The standard InChI is InChI=1S/C47H78O12S/c1-3-5-7-9-11-13-14-15-16-17-18-19-20-21-22-23-24-25-26-27-28-29-30-32-34-36-43(49)57-41(39-55-37-35-33-31-12-10-8-6-4-2)40-56-47-45(51)46(59-60(52,53)54)44(50)42(38-48)58-47/h5,7,11,13,15-16,18-19,21-22,24-25,27-28,41-42,44-48,50-51H,3-4,6,8-10,12,14,17,20,23,26,29-40H2,1-2H3,(H,52,53,54)/b7-5-,13-11-,16-15-,19-18-,22-21-,25-24-,28-27-. The molecule has 1 saturated heterocycles. The number of rotatable bonds is 37. The van der Waals surface area contributed by atoms with E-state index in [1.165, 1.54) is 32.1 Å². The Balaban J connectivity index is 2.39. The molecule has 12 nitrogen and oxygen atoms in total. The lowest BCUT2D eigenvalue weighted by Crippen LogP contribution is -2.60. The first-order valence-electron chi connectivity index (χ1n) is 22.3. The van der Waals surface area contributed by atoms with Crippen LogP contribution in [0.25, 0.3) is 0 Å². The first kappa shape index (κ1) is 55.3. The Morgan fingerprint density at radius 2 is 1.15 bits per heavy atom. The highest BCUT2D eigenvalue weighted by Gasteiger charge is 2.48. The molecular formula is C47H78O12S. The zero-order valence-corrected chi connectivity index (χ0v) is 37.3. The molecular weight excluding hydrogens is 789 g/mol. The molecule has 6 unspecified atom stereocenters. The first-order valence-corrected chi connectivity index (χ1v) is 23.7. The van der Waals surface area contributed by atoms with E-state index in [0.717, 1.165) is 83.5 Å². The van der Waals surface area contributed by atoms with Crippen molar-refractivity contribution in [1.29, 1.82) is 0 Å². The second-order valence-corrected chi connectivity index (χ2v) is 16.0. The molecule has 0 amide bonds. The fourth-order valence-corrected chi connectivity index (χ4v) is 6.69. The highest BCUT2D eigenvalue weighted by molar-refractivity contribution is 7.80. The van der Waals surface area contributed by atoms with Gasteiger partial charge in [-0.15, -0.1) is 0 Å². The Morgan fingerprint density at radius 1 is 0.650 bits per heavy atom. The van der Waals surface area contributed by atoms with E-state index < -0.39 is 59.8 Å². The average Bonchev–Trinajstić information content (AvgIpc) is 3.22. The van der Waals surface area contributed by atoms with Gasteiger partial charge in [0, 0.05) is 13.0 Å². The van der Waals surface area contributed by atoms with Crippen LogP contribution >= 0.6 is 0 Å². The van der Waals surface area contributed by atoms with Crippen molar-refractivity contribution in [2.45, 2.75) is 179 Å². The van der Waals surface area contributed by atoms with Crippen molar-refractivity contribution >= 4 is 16.4 Å². The lowest BCUT2D eigenvalue weighted by atomic mass is 9.99. The van der Waals surface area contributed by atoms with Gasteiger partial charge in [0.2, 0.25) is 0 Å². The number of hydrogen-bond acceptors (Lipinski definition) is 11. The quantitative estimate of drug-likeness (QED) is 0.0202. The van der Waals surface area contributed by atoms with Gasteiger partial charge in [0.15, 0.2) is 6.29 Å². The van der Waals surface area contributed by atoms with E-state index in [1.807, 2.05) is 0 Å². The molecule has 0 aromatic carbocycles. The molecule has 0 spiro atoms. The largest absolute Gasteiger partial charge is 0.457 e. The van der Waals surface area contributed by atoms with Gasteiger partial charge in [-0.2, -0.15) is 8.42 Å². The zero-order chi connectivity index (χ0) is 43.9. The Kier molecular flexibility index (Phi) is 35.0. The second-order valence-electron chi connectivity index (χ2n) is 14.9. The topological polar surface area (TPSA) is 178 Å². The molecule has 0 aromatic heterocycles. The van der Waals surface area contributed by atoms with Crippen molar-refractivity contribution in [1.82, 2.24) is 0 Å². The number of carbonyl (C=O) groups is 1. The van der Waals surface area contributed by atoms with Crippen molar-refractivity contribution in [3.8, 4) is 0 Å². The fourth-order valence-electron chi connectivity index (χ4n) is 6.18. The van der Waals surface area contributed by atoms with Gasteiger partial charge in [-0.05, 0) is 70.6 Å². The number of carbonyl (C=O) groups excluding carboxylic acids is 1. The highest BCUT2D eigenvalue weighted by Crippen LogP contribution is 2.26. The molecule has 0 bridgehead atoms. The van der Waals surface area contributed by atoms with Crippen LogP contribution in [-0.2, 0) is 38.3 Å². The van der Waals surface area contributed by atoms with E-state index in [4.69, 9.17) is 23.5 Å². The van der Waals surface area contributed by atoms with E-state index in [0.29, 0.717) is 13.0 Å². The molecule has 0 radical (unpaired) electrons. The molecule has 0 aliphatic carbocycles. The second kappa shape index (κ2) is 38.0. The molecule has 1 heterocycles. The number of aliphatic hydroxyl groups is 3. The average molecular weight is 867 g/mol. The predicted octanol–water partition coefficient (Wildman–Crippen LogP) is 9.29. The molecule has 13 heteroatoms. The van der Waals surface area contributed by atoms with E-state index in [-0.39, 0.29) is 19.6 Å². The van der Waals surface area contributed by atoms with Crippen molar-refractivity contribution < 1.29 is 56.2 Å². The maximum Gasteiger partial charge on any atom is 0.397 e. The van der Waals surface area contributed by atoms with Gasteiger partial charge < -0.3 is 34.3 Å². The Morgan fingerprint density at radius 3 is 1.67 bits per heavy atom. The van der Waals surface area contributed by atoms with Crippen LogP contribution in [0.4, 0.5) is 0 Å². The summed E-state index contributed by atoms with van der Waals surface area (Å²) in [6.07, 6.45) is 40.6. The SMILES string of the molecule is CC/C=C\C/C=C\C/C=C\C/C=C\C/C=C\C/C=C\C/C=C\CCCCCC(=O)OC(COCCCCCCCCCC)COC1OC(CO)C(O)C(OS(=O)(=O)O)C1O. The molecule has 1 fully saturated rings. The van der Waals surface area contributed by atoms with E-state index in [2.05, 4.69) is 103 Å². The minimum absolute atomic E-state index is 0.0175. The minimum Gasteiger partial charge on any atom is -0.457 e. The van der Waals surface area contributed by atoms with Gasteiger partial charge >= 0.3 is 16.4 Å². The van der Waals surface area contributed by atoms with E-state index in [1.54, 1.807) is 0 Å². The Hall–Kier alpha value is -2.72. The molecule has 344 valence electrons. The summed E-state index contributed by atoms with van der Waals surface area (Å²) in [5.41, 5.74) is 0. The summed E-state index contributed by atoms with van der Waals surface area (Å²) in [6, 6.07) is 0. The molecule has 60 heavy (non-hydrogen) atoms. The van der Waals surface area contributed by atoms with Crippen LogP contribution in [0, 0.1) is 0 Å². The van der Waals surface area contributed by atoms with Crippen LogP contribution in [0.2, 0.25) is 0 Å². The summed E-state index contributed by atoms with van der Waals surface area (Å²) in [7, 11) is -5.07. The van der Waals surface area contributed by atoms with Gasteiger partial charge in [0.25, 0.3) is 0 Å². The third-order valence-electron chi connectivity index (χ3n) is 9.53. The summed E-state index contributed by atoms with van der Waals surface area (Å²) in [5.74, 6) is -0.436. The summed E-state index contributed by atoms with van der Waals surface area (Å²) in [4.78, 5) is 12.8. The lowest BCUT2D eigenvalue weighted by Gasteiger charge is -2.41. The minimum atomic E-state index is -5.07. The molecule has 6 atom stereocenters. The van der Waals surface area contributed by atoms with Crippen LogP contribution in [-0.4, -0.2) is 97.5 Å². The maximum absolute atomic E-state index is 12.8. The fraction of sp³-hybridized carbons (Fsp3) is 0.681. The van der Waals surface area contributed by atoms with E-state index >= 15 is 0 Å². The van der Waals surface area contributed by atoms with Gasteiger partial charge in [-0.1, -0.05) is 150 Å². The molecule has 0 saturated carbocycles. The number of aliphatic hydroxyl groups excluding tert-OH is 3. The van der Waals surface area contributed by atoms with Gasteiger partial charge in [0.05, 0.1) is 19.8 Å². The highest BCUT2D eigenvalue weighted by atomic mass is 32.3. The van der Waals surface area contributed by atoms with Gasteiger partial charge in [-0.25, -0.2) is 4.18 Å². The van der Waals surface area contributed by atoms with Crippen LogP contribution < -0.4 is 0 Å². The van der Waals surface area contributed by atoms with Crippen LogP contribution in [0.3, 0.4) is 0 Å². The van der Waals surface area contributed by atoms with Crippen molar-refractivity contribution in [2.24, 2.45) is 0 Å². The molecule has 1 rings (SSSR count). The molecule has 1 aliphatic heterocycles. The Labute approximate surface area is 362 Å². The molecule has 0 aromatic rings. The van der Waals surface area contributed by atoms with Crippen LogP contribution in [0.15, 0.2) is 85.1 Å². The van der Waals surface area contributed by atoms with E-state index in [9.17, 15) is 28.5 Å². The van der Waals surface area contributed by atoms with Crippen molar-refractivity contribution in [2.75, 3.05) is 26.4 Å². The third-order valence-corrected chi connectivity index (χ3v) is 10.00. The van der Waals surface area contributed by atoms with Crippen molar-refractivity contribution in [3.63, 3.8) is 0 Å². The Bertz CT molecular complexity index is 1370. The summed E-state index contributed by atoms with van der Waals surface area (Å²) < 4.78 is 58.8. The maximum atomic E-state index is 12.8. The number of unbranched alkanes of at least 4 members (excludes halogenated alkanes) is 10. The zero-order valence-electron chi connectivity index (χ0n) is 36.5. The lowest BCUT2D eigenvalue weighted by molar-refractivity contribution is -0.301. The van der Waals surface area contributed by atoms with Crippen LogP contribution in [0.5, 0.6) is 0 Å². The third kappa shape index (κ3) is 31.2. The van der Waals surface area contributed by atoms with Gasteiger partial charge in [-0.3, -0.25) is 9.35 Å². The number of allylic oxidation sites excluding steroid dienone is 14. The number of ether oxygens (including phenoxy) is 4. The summed E-state index contributed by atoms with van der Waals surface area (Å²) in [6.45, 7) is 3.77. The first-order chi connectivity index (χ1) is 29.1. The number of hydrogen-bond donors (Lipinski definition) is 4. The summed E-state index contributed by atoms with van der Waals surface area (Å²) in [5, 5.41) is 30.6. The number of esters is 1. The smallest absolute Gasteiger partial charge is 0.397 e. The molecule has 1 aliphatic rings. The van der Waals surface area contributed by atoms with Crippen molar-refractivity contribution in [3.05, 3.63) is 85.1 Å². The monoisotopic (exact) mass is 867 g/mol.